The lowest BCUT2D eigenvalue weighted by Gasteiger charge is -2.07. The molecular weight excluding hydrogens is 321 g/mol. The van der Waals surface area contributed by atoms with E-state index in [0.29, 0.717) is 17.7 Å². The van der Waals surface area contributed by atoms with E-state index >= 15 is 0 Å². The monoisotopic (exact) mass is 337 g/mol. The fourth-order valence-electron chi connectivity index (χ4n) is 2.66. The van der Waals surface area contributed by atoms with E-state index < -0.39 is 15.7 Å². The molecule has 0 amide bonds. The fourth-order valence-corrected chi connectivity index (χ4v) is 4.36. The van der Waals surface area contributed by atoms with Gasteiger partial charge in [-0.1, -0.05) is 12.1 Å². The first kappa shape index (κ1) is 15.7. The number of halogens is 1. The van der Waals surface area contributed by atoms with Crippen molar-refractivity contribution in [3.8, 4) is 0 Å². The maximum absolute atomic E-state index is 13.6. The summed E-state index contributed by atoms with van der Waals surface area (Å²) in [5, 5.41) is 2.90. The summed E-state index contributed by atoms with van der Waals surface area (Å²) < 4.78 is 38.0. The molecule has 3 rings (SSSR count). The number of nitrogens with zero attached hydrogens (tertiary/aromatic N) is 2. The summed E-state index contributed by atoms with van der Waals surface area (Å²) in [6.07, 6.45) is 1.72. The second kappa shape index (κ2) is 5.77. The van der Waals surface area contributed by atoms with Crippen LogP contribution in [0, 0.1) is 12.7 Å². The Morgan fingerprint density at radius 3 is 2.78 bits per heavy atom. The van der Waals surface area contributed by atoms with Crippen LogP contribution < -0.4 is 5.56 Å². The van der Waals surface area contributed by atoms with E-state index in [1.165, 1.54) is 23.0 Å². The molecule has 23 heavy (non-hydrogen) atoms. The van der Waals surface area contributed by atoms with Crippen LogP contribution in [0.1, 0.15) is 23.7 Å². The van der Waals surface area contributed by atoms with Gasteiger partial charge in [0.15, 0.2) is 9.84 Å². The molecule has 6 nitrogen and oxygen atoms in total. The topological polar surface area (TPSA) is 84.3 Å². The van der Waals surface area contributed by atoms with E-state index in [-0.39, 0.29) is 28.8 Å². The van der Waals surface area contributed by atoms with Gasteiger partial charge in [0.05, 0.1) is 28.8 Å². The number of nitrogens with one attached hydrogen (secondary N) is 1. The van der Waals surface area contributed by atoms with Crippen LogP contribution in [-0.4, -0.2) is 35.9 Å². The molecule has 1 N–H and O–H groups in total. The molecular formula is C15H16FN3O3S. The third kappa shape index (κ3) is 3.12. The van der Waals surface area contributed by atoms with Crippen molar-refractivity contribution in [2.24, 2.45) is 4.99 Å². The summed E-state index contributed by atoms with van der Waals surface area (Å²) in [6.45, 7) is 1.70. The van der Waals surface area contributed by atoms with Crippen LogP contribution in [0.2, 0.25) is 0 Å². The lowest BCUT2D eigenvalue weighted by atomic mass is 10.2. The predicted molar refractivity (Wildman–Crippen MR) is 85.8 cm³/mol. The molecule has 1 aromatic carbocycles. The van der Waals surface area contributed by atoms with Crippen molar-refractivity contribution in [1.29, 1.82) is 0 Å². The fraction of sp³-hybridized carbons (Fsp3) is 0.333. The highest BCUT2D eigenvalue weighted by Gasteiger charge is 2.31. The summed E-state index contributed by atoms with van der Waals surface area (Å²) in [7, 11) is -3.09. The second-order valence-corrected chi connectivity index (χ2v) is 7.82. The van der Waals surface area contributed by atoms with Crippen molar-refractivity contribution in [3.63, 3.8) is 0 Å². The highest BCUT2D eigenvalue weighted by molar-refractivity contribution is 7.91. The number of aryl methyl sites for hydroxylation is 1. The molecule has 0 spiro atoms. The van der Waals surface area contributed by atoms with Crippen molar-refractivity contribution in [1.82, 2.24) is 9.78 Å². The van der Waals surface area contributed by atoms with E-state index in [1.54, 1.807) is 19.1 Å². The van der Waals surface area contributed by atoms with Gasteiger partial charge in [0, 0.05) is 11.9 Å². The number of aromatic nitrogens is 2. The number of para-hydroxylation sites is 1. The maximum Gasteiger partial charge on any atom is 0.275 e. The molecule has 1 aliphatic rings. The number of benzene rings is 1. The first-order valence-corrected chi connectivity index (χ1v) is 8.99. The second-order valence-electron chi connectivity index (χ2n) is 5.59. The largest absolute Gasteiger partial charge is 0.299 e. The van der Waals surface area contributed by atoms with Crippen molar-refractivity contribution >= 4 is 21.7 Å². The van der Waals surface area contributed by atoms with E-state index in [4.69, 9.17) is 0 Å². The van der Waals surface area contributed by atoms with Crippen LogP contribution >= 0.6 is 0 Å². The van der Waals surface area contributed by atoms with Crippen LogP contribution in [0.3, 0.4) is 0 Å². The molecule has 1 fully saturated rings. The van der Waals surface area contributed by atoms with Gasteiger partial charge in [0.25, 0.3) is 5.56 Å². The Morgan fingerprint density at radius 2 is 2.13 bits per heavy atom. The molecule has 2 heterocycles. The van der Waals surface area contributed by atoms with Gasteiger partial charge in [-0.25, -0.2) is 17.5 Å². The minimum absolute atomic E-state index is 0.0449. The Hall–Kier alpha value is -2.22. The summed E-state index contributed by atoms with van der Waals surface area (Å²) in [4.78, 5) is 16.5. The smallest absolute Gasteiger partial charge is 0.275 e. The summed E-state index contributed by atoms with van der Waals surface area (Å²) in [5.41, 5.74) is 0.670. The van der Waals surface area contributed by atoms with Gasteiger partial charge in [-0.2, -0.15) is 0 Å². The Morgan fingerprint density at radius 1 is 1.39 bits per heavy atom. The number of rotatable bonds is 3. The zero-order chi connectivity index (χ0) is 16.6. The Kier molecular flexibility index (Phi) is 3.93. The van der Waals surface area contributed by atoms with Crippen molar-refractivity contribution in [2.75, 3.05) is 11.5 Å². The van der Waals surface area contributed by atoms with Gasteiger partial charge in [-0.15, -0.1) is 0 Å². The van der Waals surface area contributed by atoms with Crippen LogP contribution in [0.4, 0.5) is 10.1 Å². The number of aliphatic imine (C=N–C) groups is 1. The summed E-state index contributed by atoms with van der Waals surface area (Å²) in [6, 6.07) is 5.63. The van der Waals surface area contributed by atoms with E-state index in [0.717, 1.165) is 0 Å². The molecule has 1 atom stereocenters. The minimum atomic E-state index is -3.09. The lowest BCUT2D eigenvalue weighted by Crippen LogP contribution is -2.25. The zero-order valence-electron chi connectivity index (χ0n) is 12.5. The van der Waals surface area contributed by atoms with Gasteiger partial charge in [0.1, 0.15) is 5.82 Å². The number of aromatic amines is 1. The van der Waals surface area contributed by atoms with E-state index in [2.05, 4.69) is 10.1 Å². The molecule has 1 saturated heterocycles. The van der Waals surface area contributed by atoms with E-state index in [9.17, 15) is 17.6 Å². The average Bonchev–Trinajstić information content (AvgIpc) is 2.99. The quantitative estimate of drug-likeness (QED) is 0.866. The third-order valence-electron chi connectivity index (χ3n) is 3.90. The van der Waals surface area contributed by atoms with Gasteiger partial charge in [-0.05, 0) is 25.5 Å². The average molecular weight is 337 g/mol. The van der Waals surface area contributed by atoms with Crippen LogP contribution in [0.5, 0.6) is 0 Å². The standard InChI is InChI=1S/C15H16FN3O3S/c1-10-12(8-17-14-5-3-2-4-13(14)16)15(20)19(18-10)11-6-7-23(21,22)9-11/h2-5,8,11,18H,6-7,9H2,1H3/t11-/m1/s1. The molecule has 2 aromatic rings. The third-order valence-corrected chi connectivity index (χ3v) is 5.65. The van der Waals surface area contributed by atoms with Gasteiger partial charge >= 0.3 is 0 Å². The molecule has 122 valence electrons. The van der Waals surface area contributed by atoms with Crippen molar-refractivity contribution in [2.45, 2.75) is 19.4 Å². The van der Waals surface area contributed by atoms with Gasteiger partial charge < -0.3 is 0 Å². The number of sulfone groups is 1. The zero-order valence-corrected chi connectivity index (χ0v) is 13.3. The van der Waals surface area contributed by atoms with E-state index in [1.807, 2.05) is 0 Å². The Labute approximate surface area is 132 Å². The normalized spacial score (nSPS) is 20.3. The molecule has 1 aromatic heterocycles. The highest BCUT2D eigenvalue weighted by atomic mass is 32.2. The molecule has 8 heteroatoms. The van der Waals surface area contributed by atoms with Crippen LogP contribution in [0.25, 0.3) is 0 Å². The maximum atomic E-state index is 13.6. The minimum Gasteiger partial charge on any atom is -0.299 e. The number of H-pyrrole nitrogens is 1. The Bertz CT molecular complexity index is 928. The highest BCUT2D eigenvalue weighted by Crippen LogP contribution is 2.22. The van der Waals surface area contributed by atoms with Crippen LogP contribution in [0.15, 0.2) is 34.1 Å². The molecule has 0 radical (unpaired) electrons. The lowest BCUT2D eigenvalue weighted by molar-refractivity contribution is 0.483. The first-order chi connectivity index (χ1) is 10.9. The number of hydrogen-bond acceptors (Lipinski definition) is 4. The molecule has 0 saturated carbocycles. The summed E-state index contributed by atoms with van der Waals surface area (Å²) >= 11 is 0. The van der Waals surface area contributed by atoms with Gasteiger partial charge in [-0.3, -0.25) is 14.9 Å². The summed E-state index contributed by atoms with van der Waals surface area (Å²) in [5.74, 6) is -0.434. The first-order valence-electron chi connectivity index (χ1n) is 7.17. The van der Waals surface area contributed by atoms with Crippen LogP contribution in [-0.2, 0) is 9.84 Å². The molecule has 0 unspecified atom stereocenters. The van der Waals surface area contributed by atoms with Crippen molar-refractivity contribution in [3.05, 3.63) is 51.7 Å². The molecule has 1 aliphatic heterocycles. The van der Waals surface area contributed by atoms with Gasteiger partial charge in [0.2, 0.25) is 0 Å². The Balaban J connectivity index is 1.93. The predicted octanol–water partition coefficient (Wildman–Crippen LogP) is 1.73. The molecule has 0 aliphatic carbocycles. The SMILES string of the molecule is Cc1[nH]n([C@@H]2CCS(=O)(=O)C2)c(=O)c1C=Nc1ccccc1F. The molecule has 0 bridgehead atoms. The number of hydrogen-bond donors (Lipinski definition) is 1. The van der Waals surface area contributed by atoms with Crippen molar-refractivity contribution < 1.29 is 12.8 Å².